The Balaban J connectivity index is 0.00000272. The maximum Gasteiger partial charge on any atom is 0.416 e. The summed E-state index contributed by atoms with van der Waals surface area (Å²) in [7, 11) is 0. The van der Waals surface area contributed by atoms with Crippen LogP contribution in [0.3, 0.4) is 0 Å². The average Bonchev–Trinajstić information content (AvgIpc) is 2.78. The van der Waals surface area contributed by atoms with Crippen molar-refractivity contribution >= 4 is 18.0 Å². The molecule has 5 heteroatoms. The van der Waals surface area contributed by atoms with Crippen LogP contribution in [0, 0.1) is 0 Å². The van der Waals surface area contributed by atoms with Crippen molar-refractivity contribution in [1.29, 1.82) is 0 Å². The molecular weight excluding hydrogens is 419 g/mol. The van der Waals surface area contributed by atoms with Gasteiger partial charge in [-0.25, -0.2) is 0 Å². The maximum absolute atomic E-state index is 13.3. The molecule has 3 aromatic rings. The summed E-state index contributed by atoms with van der Waals surface area (Å²) in [5.41, 5.74) is 4.26. The minimum atomic E-state index is -4.32. The van der Waals surface area contributed by atoms with E-state index >= 15 is 0 Å². The molecule has 3 aromatic carbocycles. The third-order valence-electron chi connectivity index (χ3n) is 5.65. The van der Waals surface area contributed by atoms with E-state index in [4.69, 9.17) is 0 Å². The van der Waals surface area contributed by atoms with Crippen LogP contribution in [0.4, 0.5) is 13.2 Å². The first-order valence-electron chi connectivity index (χ1n) is 10.2. The molecule has 0 bridgehead atoms. The number of benzene rings is 3. The summed E-state index contributed by atoms with van der Waals surface area (Å²) in [6.45, 7) is 2.36. The van der Waals surface area contributed by atoms with E-state index in [0.717, 1.165) is 25.1 Å². The highest BCUT2D eigenvalue weighted by molar-refractivity contribution is 5.85. The molecule has 0 atom stereocenters. The van der Waals surface area contributed by atoms with Crippen LogP contribution in [0.15, 0.2) is 84.9 Å². The molecule has 0 unspecified atom stereocenters. The molecule has 0 amide bonds. The SMILES string of the molecule is Cl.FC(F)(F)c1ccccc1C1=CCN(CCc2ccc(-c3ccccc3)cc2)CC1. The van der Waals surface area contributed by atoms with Crippen LogP contribution < -0.4 is 0 Å². The van der Waals surface area contributed by atoms with Crippen molar-refractivity contribution in [2.24, 2.45) is 0 Å². The van der Waals surface area contributed by atoms with E-state index in [0.29, 0.717) is 18.5 Å². The van der Waals surface area contributed by atoms with E-state index in [2.05, 4.69) is 41.3 Å². The lowest BCUT2D eigenvalue weighted by atomic mass is 9.94. The van der Waals surface area contributed by atoms with Crippen molar-refractivity contribution in [3.8, 4) is 11.1 Å². The summed E-state index contributed by atoms with van der Waals surface area (Å²) < 4.78 is 39.9. The van der Waals surface area contributed by atoms with Crippen molar-refractivity contribution in [3.63, 3.8) is 0 Å². The molecule has 0 saturated carbocycles. The van der Waals surface area contributed by atoms with E-state index in [1.807, 2.05) is 24.3 Å². The maximum atomic E-state index is 13.3. The van der Waals surface area contributed by atoms with Gasteiger partial charge in [0.1, 0.15) is 0 Å². The third kappa shape index (κ3) is 5.78. The highest BCUT2D eigenvalue weighted by atomic mass is 35.5. The zero-order chi connectivity index (χ0) is 21.0. The van der Waals surface area contributed by atoms with Gasteiger partial charge in [-0.05, 0) is 46.7 Å². The molecule has 0 N–H and O–H groups in total. The lowest BCUT2D eigenvalue weighted by Crippen LogP contribution is -2.30. The number of hydrogen-bond acceptors (Lipinski definition) is 1. The molecule has 0 saturated heterocycles. The highest BCUT2D eigenvalue weighted by Crippen LogP contribution is 2.36. The summed E-state index contributed by atoms with van der Waals surface area (Å²) in [6.07, 6.45) is -0.801. The first-order valence-corrected chi connectivity index (χ1v) is 10.2. The molecule has 0 aliphatic carbocycles. The lowest BCUT2D eigenvalue weighted by Gasteiger charge is -2.27. The Labute approximate surface area is 187 Å². The van der Waals surface area contributed by atoms with Gasteiger partial charge in [0.05, 0.1) is 5.56 Å². The van der Waals surface area contributed by atoms with Gasteiger partial charge in [0, 0.05) is 19.6 Å². The number of halogens is 4. The van der Waals surface area contributed by atoms with Gasteiger partial charge in [-0.3, -0.25) is 4.90 Å². The highest BCUT2D eigenvalue weighted by Gasteiger charge is 2.34. The molecule has 1 nitrogen and oxygen atoms in total. The van der Waals surface area contributed by atoms with Crippen LogP contribution in [-0.2, 0) is 12.6 Å². The van der Waals surface area contributed by atoms with Gasteiger partial charge in [-0.1, -0.05) is 78.9 Å². The summed E-state index contributed by atoms with van der Waals surface area (Å²) >= 11 is 0. The molecule has 31 heavy (non-hydrogen) atoms. The fourth-order valence-corrected chi connectivity index (χ4v) is 3.95. The molecular formula is C26H25ClF3N. The van der Waals surface area contributed by atoms with Crippen molar-refractivity contribution in [1.82, 2.24) is 4.90 Å². The Bertz CT molecular complexity index is 1010. The Morgan fingerprint density at radius 3 is 2.06 bits per heavy atom. The van der Waals surface area contributed by atoms with Crippen LogP contribution in [0.1, 0.15) is 23.1 Å². The first kappa shape index (κ1) is 23.1. The third-order valence-corrected chi connectivity index (χ3v) is 5.65. The molecule has 1 aliphatic rings. The predicted molar refractivity (Wildman–Crippen MR) is 123 cm³/mol. The molecule has 1 aliphatic heterocycles. The number of rotatable bonds is 5. The number of hydrogen-bond donors (Lipinski definition) is 0. The topological polar surface area (TPSA) is 3.24 Å². The van der Waals surface area contributed by atoms with E-state index in [1.165, 1.54) is 28.8 Å². The van der Waals surface area contributed by atoms with Gasteiger partial charge in [-0.2, -0.15) is 13.2 Å². The van der Waals surface area contributed by atoms with Crippen LogP contribution in [0.25, 0.3) is 16.7 Å². The van der Waals surface area contributed by atoms with Crippen molar-refractivity contribution in [3.05, 3.63) is 102 Å². The van der Waals surface area contributed by atoms with Crippen LogP contribution >= 0.6 is 12.4 Å². The fraction of sp³-hybridized carbons (Fsp3) is 0.231. The summed E-state index contributed by atoms with van der Waals surface area (Å²) in [6, 6.07) is 24.8. The monoisotopic (exact) mass is 443 g/mol. The second-order valence-electron chi connectivity index (χ2n) is 7.64. The zero-order valence-corrected chi connectivity index (χ0v) is 17.9. The normalized spacial score (nSPS) is 14.6. The molecule has 1 heterocycles. The minimum Gasteiger partial charge on any atom is -0.299 e. The van der Waals surface area contributed by atoms with E-state index in [9.17, 15) is 13.2 Å². The van der Waals surface area contributed by atoms with Gasteiger partial charge < -0.3 is 0 Å². The molecule has 0 fully saturated rings. The Morgan fingerprint density at radius 2 is 1.42 bits per heavy atom. The summed E-state index contributed by atoms with van der Waals surface area (Å²) in [5, 5.41) is 0. The van der Waals surface area contributed by atoms with Gasteiger partial charge in [0.25, 0.3) is 0 Å². The Morgan fingerprint density at radius 1 is 0.774 bits per heavy atom. The van der Waals surface area contributed by atoms with Crippen molar-refractivity contribution < 1.29 is 13.2 Å². The van der Waals surface area contributed by atoms with Crippen LogP contribution in [0.5, 0.6) is 0 Å². The number of nitrogens with zero attached hydrogens (tertiary/aromatic N) is 1. The Kier molecular flexibility index (Phi) is 7.58. The van der Waals surface area contributed by atoms with Crippen LogP contribution in [0.2, 0.25) is 0 Å². The quantitative estimate of drug-likeness (QED) is 0.405. The largest absolute Gasteiger partial charge is 0.416 e. The molecule has 0 radical (unpaired) electrons. The van der Waals surface area contributed by atoms with Gasteiger partial charge >= 0.3 is 6.18 Å². The van der Waals surface area contributed by atoms with Crippen molar-refractivity contribution in [2.75, 3.05) is 19.6 Å². The van der Waals surface area contributed by atoms with E-state index in [1.54, 1.807) is 12.1 Å². The Hall–Kier alpha value is -2.56. The first-order chi connectivity index (χ1) is 14.5. The zero-order valence-electron chi connectivity index (χ0n) is 17.1. The van der Waals surface area contributed by atoms with Crippen LogP contribution in [-0.4, -0.2) is 24.5 Å². The second kappa shape index (κ2) is 10.2. The molecule has 4 rings (SSSR count). The van der Waals surface area contributed by atoms with Gasteiger partial charge in [0.15, 0.2) is 0 Å². The lowest BCUT2D eigenvalue weighted by molar-refractivity contribution is -0.137. The average molecular weight is 444 g/mol. The summed E-state index contributed by atoms with van der Waals surface area (Å²) in [4.78, 5) is 2.30. The summed E-state index contributed by atoms with van der Waals surface area (Å²) in [5.74, 6) is 0. The van der Waals surface area contributed by atoms with E-state index < -0.39 is 11.7 Å². The minimum absolute atomic E-state index is 0. The second-order valence-corrected chi connectivity index (χ2v) is 7.64. The van der Waals surface area contributed by atoms with E-state index in [-0.39, 0.29) is 12.4 Å². The predicted octanol–water partition coefficient (Wildman–Crippen LogP) is 7.13. The molecule has 0 aromatic heterocycles. The number of alkyl halides is 3. The standard InChI is InChI=1S/C26H24F3N.ClH/c27-26(28,29)25-9-5-4-8-24(25)23-15-18-30(19-16-23)17-14-20-10-12-22(13-11-20)21-6-2-1-3-7-21;/h1-13,15H,14,16-19H2;1H. The van der Waals surface area contributed by atoms with Crippen molar-refractivity contribution in [2.45, 2.75) is 19.0 Å². The fourth-order valence-electron chi connectivity index (χ4n) is 3.95. The smallest absolute Gasteiger partial charge is 0.299 e. The molecule has 0 spiro atoms. The van der Waals surface area contributed by atoms with Gasteiger partial charge in [0.2, 0.25) is 0 Å². The molecule has 162 valence electrons. The van der Waals surface area contributed by atoms with Gasteiger partial charge in [-0.15, -0.1) is 12.4 Å².